The third-order valence-electron chi connectivity index (χ3n) is 6.67. The number of nitrogens with zero attached hydrogens (tertiary/aromatic N) is 2. The molecule has 0 spiro atoms. The molecule has 116 valence electrons. The van der Waals surface area contributed by atoms with Gasteiger partial charge in [0, 0.05) is 31.4 Å². The molecule has 4 fully saturated rings. The van der Waals surface area contributed by atoms with E-state index < -0.39 is 0 Å². The van der Waals surface area contributed by atoms with Crippen molar-refractivity contribution in [3.05, 3.63) is 18.2 Å². The van der Waals surface area contributed by atoms with Crippen LogP contribution >= 0.6 is 0 Å². The van der Waals surface area contributed by atoms with Crippen LogP contribution in [-0.2, 0) is 13.0 Å². The van der Waals surface area contributed by atoms with Gasteiger partial charge in [-0.05, 0) is 68.7 Å². The van der Waals surface area contributed by atoms with Gasteiger partial charge in [-0.25, -0.2) is 4.98 Å². The van der Waals surface area contributed by atoms with Gasteiger partial charge in [0.05, 0.1) is 0 Å². The van der Waals surface area contributed by atoms with E-state index in [0.29, 0.717) is 11.5 Å². The topological polar surface area (TPSA) is 29.9 Å². The Morgan fingerprint density at radius 1 is 1.24 bits per heavy atom. The fourth-order valence-corrected chi connectivity index (χ4v) is 6.21. The highest BCUT2D eigenvalue weighted by Crippen LogP contribution is 2.61. The van der Waals surface area contributed by atoms with Gasteiger partial charge in [-0.1, -0.05) is 6.92 Å². The molecule has 3 nitrogen and oxygen atoms in total. The van der Waals surface area contributed by atoms with Crippen LogP contribution in [-0.4, -0.2) is 22.6 Å². The summed E-state index contributed by atoms with van der Waals surface area (Å²) in [5.41, 5.74) is 0.568. The van der Waals surface area contributed by atoms with Crippen LogP contribution in [0.2, 0.25) is 0 Å². The zero-order valence-electron chi connectivity index (χ0n) is 13.5. The number of rotatable bonds is 5. The predicted molar refractivity (Wildman–Crippen MR) is 85.1 cm³/mol. The van der Waals surface area contributed by atoms with E-state index in [-0.39, 0.29) is 0 Å². The van der Waals surface area contributed by atoms with Crippen molar-refractivity contribution in [3.8, 4) is 0 Å². The largest absolute Gasteiger partial charge is 0.333 e. The lowest BCUT2D eigenvalue weighted by atomic mass is 9.47. The van der Waals surface area contributed by atoms with Gasteiger partial charge in [-0.2, -0.15) is 0 Å². The van der Waals surface area contributed by atoms with Crippen molar-refractivity contribution in [2.24, 2.45) is 23.2 Å². The summed E-state index contributed by atoms with van der Waals surface area (Å²) < 4.78 is 2.39. The second kappa shape index (κ2) is 5.12. The highest BCUT2D eigenvalue weighted by Gasteiger charge is 2.53. The van der Waals surface area contributed by atoms with Gasteiger partial charge in [-0.15, -0.1) is 0 Å². The van der Waals surface area contributed by atoms with Crippen molar-refractivity contribution in [1.82, 2.24) is 14.9 Å². The van der Waals surface area contributed by atoms with E-state index in [2.05, 4.69) is 35.0 Å². The third-order valence-corrected chi connectivity index (χ3v) is 6.67. The summed E-state index contributed by atoms with van der Waals surface area (Å²) in [6.07, 6.45) is 14.2. The highest BCUT2D eigenvalue weighted by atomic mass is 15.1. The molecule has 0 aliphatic heterocycles. The zero-order chi connectivity index (χ0) is 14.4. The van der Waals surface area contributed by atoms with Crippen molar-refractivity contribution in [1.29, 1.82) is 0 Å². The number of hydrogen-bond donors (Lipinski definition) is 1. The van der Waals surface area contributed by atoms with Crippen LogP contribution in [0.15, 0.2) is 12.4 Å². The number of nitrogens with one attached hydrogen (secondary N) is 1. The molecule has 4 bridgehead atoms. The molecular weight excluding hydrogens is 258 g/mol. The lowest BCUT2D eigenvalue weighted by Gasteiger charge is -2.59. The molecule has 21 heavy (non-hydrogen) atoms. The third kappa shape index (κ3) is 2.25. The zero-order valence-corrected chi connectivity index (χ0v) is 13.5. The van der Waals surface area contributed by atoms with Crippen LogP contribution in [0.5, 0.6) is 0 Å². The summed E-state index contributed by atoms with van der Waals surface area (Å²) in [6, 6.07) is 0.616. The van der Waals surface area contributed by atoms with Gasteiger partial charge >= 0.3 is 0 Å². The number of likely N-dealkylation sites (N-methyl/N-ethyl adjacent to an activating group) is 1. The Balaban J connectivity index is 1.58. The molecule has 3 heteroatoms. The van der Waals surface area contributed by atoms with E-state index in [1.807, 2.05) is 6.20 Å². The smallest absolute Gasteiger partial charge is 0.108 e. The molecule has 1 aromatic heterocycles. The molecule has 1 heterocycles. The maximum atomic E-state index is 4.50. The van der Waals surface area contributed by atoms with Gasteiger partial charge < -0.3 is 9.88 Å². The van der Waals surface area contributed by atoms with Crippen LogP contribution in [0, 0.1) is 23.2 Å². The minimum Gasteiger partial charge on any atom is -0.333 e. The minimum atomic E-state index is 0.568. The monoisotopic (exact) mass is 287 g/mol. The Bertz CT molecular complexity index is 469. The van der Waals surface area contributed by atoms with E-state index in [1.165, 1.54) is 44.3 Å². The fourth-order valence-electron chi connectivity index (χ4n) is 6.21. The van der Waals surface area contributed by atoms with E-state index in [9.17, 15) is 0 Å². The molecule has 5 rings (SSSR count). The molecule has 4 aliphatic rings. The summed E-state index contributed by atoms with van der Waals surface area (Å²) in [4.78, 5) is 4.50. The molecule has 1 aromatic rings. The number of aryl methyl sites for hydroxylation is 1. The summed E-state index contributed by atoms with van der Waals surface area (Å²) >= 11 is 0. The standard InChI is InChI=1S/C18H29N3/c1-3-17-20-4-5-21(17)12-16(19-2)18-9-13-6-14(10-18)8-15(7-13)11-18/h4-5,13-16,19H,3,6-12H2,1-2H3. The maximum absolute atomic E-state index is 4.50. The first-order valence-electron chi connectivity index (χ1n) is 8.89. The molecule has 4 saturated carbocycles. The second-order valence-corrected chi connectivity index (χ2v) is 7.97. The molecule has 0 amide bonds. The Hall–Kier alpha value is -0.830. The summed E-state index contributed by atoms with van der Waals surface area (Å²) in [6.45, 7) is 3.31. The highest BCUT2D eigenvalue weighted by molar-refractivity contribution is 5.06. The number of hydrogen-bond acceptors (Lipinski definition) is 2. The SMILES string of the molecule is CCc1nccn1CC(NC)C12CC3CC(CC(C3)C1)C2. The molecule has 1 unspecified atom stereocenters. The van der Waals surface area contributed by atoms with Gasteiger partial charge in [0.2, 0.25) is 0 Å². The molecule has 1 N–H and O–H groups in total. The first-order chi connectivity index (χ1) is 10.2. The van der Waals surface area contributed by atoms with Crippen molar-refractivity contribution >= 4 is 0 Å². The number of aromatic nitrogens is 2. The van der Waals surface area contributed by atoms with E-state index in [0.717, 1.165) is 30.7 Å². The van der Waals surface area contributed by atoms with Gasteiger partial charge in [0.15, 0.2) is 0 Å². The normalized spacial score (nSPS) is 38.9. The lowest BCUT2D eigenvalue weighted by Crippen LogP contribution is -2.56. The van der Waals surface area contributed by atoms with Crippen LogP contribution in [0.25, 0.3) is 0 Å². The molecule has 1 atom stereocenters. The number of imidazole rings is 1. The average Bonchev–Trinajstić information content (AvgIpc) is 2.90. The maximum Gasteiger partial charge on any atom is 0.108 e. The van der Waals surface area contributed by atoms with E-state index >= 15 is 0 Å². The van der Waals surface area contributed by atoms with Crippen LogP contribution in [0.4, 0.5) is 0 Å². The van der Waals surface area contributed by atoms with E-state index in [4.69, 9.17) is 0 Å². The predicted octanol–water partition coefficient (Wildman–Crippen LogP) is 3.25. The lowest BCUT2D eigenvalue weighted by molar-refractivity contribution is -0.0754. The van der Waals surface area contributed by atoms with Gasteiger partial charge in [0.1, 0.15) is 5.82 Å². The Labute approximate surface area is 128 Å². The first kappa shape index (κ1) is 13.8. The van der Waals surface area contributed by atoms with Crippen molar-refractivity contribution in [2.45, 2.75) is 64.5 Å². The second-order valence-electron chi connectivity index (χ2n) is 7.97. The van der Waals surface area contributed by atoms with Crippen molar-refractivity contribution < 1.29 is 0 Å². The quantitative estimate of drug-likeness (QED) is 0.901. The van der Waals surface area contributed by atoms with Crippen LogP contribution in [0.3, 0.4) is 0 Å². The Morgan fingerprint density at radius 3 is 2.38 bits per heavy atom. The summed E-state index contributed by atoms with van der Waals surface area (Å²) in [7, 11) is 2.17. The summed E-state index contributed by atoms with van der Waals surface area (Å²) in [5.74, 6) is 4.32. The van der Waals surface area contributed by atoms with E-state index in [1.54, 1.807) is 0 Å². The van der Waals surface area contributed by atoms with Crippen LogP contribution in [0.1, 0.15) is 51.3 Å². The Kier molecular flexibility index (Phi) is 3.36. The van der Waals surface area contributed by atoms with Gasteiger partial charge in [0.25, 0.3) is 0 Å². The fraction of sp³-hybridized carbons (Fsp3) is 0.833. The average molecular weight is 287 g/mol. The van der Waals surface area contributed by atoms with Crippen molar-refractivity contribution in [2.75, 3.05) is 7.05 Å². The molecule has 0 aromatic carbocycles. The minimum absolute atomic E-state index is 0.568. The van der Waals surface area contributed by atoms with Crippen molar-refractivity contribution in [3.63, 3.8) is 0 Å². The van der Waals surface area contributed by atoms with Crippen LogP contribution < -0.4 is 5.32 Å². The first-order valence-corrected chi connectivity index (χ1v) is 8.89. The summed E-state index contributed by atoms with van der Waals surface area (Å²) in [5, 5.41) is 3.70. The molecule has 0 radical (unpaired) electrons. The van der Waals surface area contributed by atoms with Gasteiger partial charge in [-0.3, -0.25) is 0 Å². The molecule has 0 saturated heterocycles. The molecule has 4 aliphatic carbocycles. The molecular formula is C18H29N3. The Morgan fingerprint density at radius 2 is 1.86 bits per heavy atom.